The van der Waals surface area contributed by atoms with Gasteiger partial charge in [0.25, 0.3) is 0 Å². The van der Waals surface area contributed by atoms with Crippen LogP contribution in [0, 0.1) is 5.92 Å². The quantitative estimate of drug-likeness (QED) is 0.520. The molecule has 1 heteroatoms. The maximum atomic E-state index is 2.49. The molecule has 0 amide bonds. The van der Waals surface area contributed by atoms with E-state index in [1.807, 2.05) is 0 Å². The van der Waals surface area contributed by atoms with Gasteiger partial charge in [-0.05, 0) is 18.8 Å². The molecule has 0 saturated carbocycles. The smallest absolute Gasteiger partial charge is 0.00814 e. The number of alkyl halides is 1. The van der Waals surface area contributed by atoms with Gasteiger partial charge in [0.1, 0.15) is 0 Å². The molecule has 9 heavy (non-hydrogen) atoms. The molecule has 0 fully saturated rings. The first-order valence-corrected chi connectivity index (χ1v) is 5.05. The summed E-state index contributed by atoms with van der Waals surface area (Å²) in [5.74, 6) is 0.933. The van der Waals surface area contributed by atoms with Gasteiger partial charge in [-0.1, -0.05) is 49.8 Å². The van der Waals surface area contributed by atoms with Gasteiger partial charge < -0.3 is 0 Å². The van der Waals surface area contributed by atoms with Crippen LogP contribution in [0.25, 0.3) is 0 Å². The van der Waals surface area contributed by atoms with Gasteiger partial charge in [0.05, 0.1) is 0 Å². The fraction of sp³-hybridized carbons (Fsp3) is 1.00. The van der Waals surface area contributed by atoms with Crippen LogP contribution in [0.3, 0.4) is 0 Å². The molecule has 2 unspecified atom stereocenters. The molecular weight excluding hydrogens is 223 g/mol. The number of hydrogen-bond donors (Lipinski definition) is 0. The lowest BCUT2D eigenvalue weighted by molar-refractivity contribution is 0.498. The fourth-order valence-electron chi connectivity index (χ4n) is 0.718. The molecule has 56 valence electrons. The van der Waals surface area contributed by atoms with Crippen LogP contribution >= 0.6 is 22.6 Å². The highest BCUT2D eigenvalue weighted by Crippen LogP contribution is 2.14. The third-order valence-corrected chi connectivity index (χ3v) is 2.38. The van der Waals surface area contributed by atoms with Crippen molar-refractivity contribution >= 4 is 22.6 Å². The molecule has 0 aliphatic heterocycles. The minimum Gasteiger partial charge on any atom is -0.0829 e. The molecule has 0 N–H and O–H groups in total. The molecule has 0 spiro atoms. The SMILES string of the molecule is CCC(C)CCC(C)I. The molecule has 0 radical (unpaired) electrons. The molecule has 0 aliphatic rings. The van der Waals surface area contributed by atoms with Crippen molar-refractivity contribution in [3.05, 3.63) is 0 Å². The van der Waals surface area contributed by atoms with Crippen LogP contribution in [-0.4, -0.2) is 3.92 Å². The molecule has 0 nitrogen and oxygen atoms in total. The van der Waals surface area contributed by atoms with Crippen molar-refractivity contribution in [1.82, 2.24) is 0 Å². The maximum Gasteiger partial charge on any atom is 0.00814 e. The first-order valence-electron chi connectivity index (χ1n) is 3.80. The Bertz CT molecular complexity index is 59.6. The lowest BCUT2D eigenvalue weighted by atomic mass is 10.0. The summed E-state index contributed by atoms with van der Waals surface area (Å²) < 4.78 is 0.858. The Morgan fingerprint density at radius 2 is 1.78 bits per heavy atom. The van der Waals surface area contributed by atoms with E-state index in [9.17, 15) is 0 Å². The van der Waals surface area contributed by atoms with Gasteiger partial charge >= 0.3 is 0 Å². The Morgan fingerprint density at radius 3 is 2.11 bits per heavy atom. The third kappa shape index (κ3) is 6.62. The summed E-state index contributed by atoms with van der Waals surface area (Å²) in [6.07, 6.45) is 4.12. The molecule has 2 atom stereocenters. The summed E-state index contributed by atoms with van der Waals surface area (Å²) in [4.78, 5) is 0. The average molecular weight is 240 g/mol. The van der Waals surface area contributed by atoms with E-state index in [1.165, 1.54) is 19.3 Å². The van der Waals surface area contributed by atoms with E-state index < -0.39 is 0 Å². The molecule has 0 aliphatic carbocycles. The summed E-state index contributed by atoms with van der Waals surface area (Å²) in [5, 5.41) is 0. The predicted octanol–water partition coefficient (Wildman–Crippen LogP) is 3.64. The Balaban J connectivity index is 3.06. The van der Waals surface area contributed by atoms with E-state index in [-0.39, 0.29) is 0 Å². The zero-order valence-electron chi connectivity index (χ0n) is 6.65. The highest BCUT2D eigenvalue weighted by molar-refractivity contribution is 14.1. The van der Waals surface area contributed by atoms with E-state index in [1.54, 1.807) is 0 Å². The van der Waals surface area contributed by atoms with Crippen molar-refractivity contribution in [3.8, 4) is 0 Å². The van der Waals surface area contributed by atoms with Crippen LogP contribution in [0.2, 0.25) is 0 Å². The maximum absolute atomic E-state index is 2.49. The minimum absolute atomic E-state index is 0.858. The summed E-state index contributed by atoms with van der Waals surface area (Å²) in [6, 6.07) is 0. The number of halogens is 1. The molecule has 0 aromatic heterocycles. The van der Waals surface area contributed by atoms with E-state index in [2.05, 4.69) is 43.4 Å². The monoisotopic (exact) mass is 240 g/mol. The Kier molecular flexibility index (Phi) is 5.96. The van der Waals surface area contributed by atoms with Crippen LogP contribution < -0.4 is 0 Å². The van der Waals surface area contributed by atoms with Crippen LogP contribution in [0.15, 0.2) is 0 Å². The first-order chi connectivity index (χ1) is 4.16. The second-order valence-electron chi connectivity index (χ2n) is 2.87. The Labute approximate surface area is 72.6 Å². The highest BCUT2D eigenvalue weighted by atomic mass is 127. The minimum atomic E-state index is 0.858. The topological polar surface area (TPSA) is 0 Å². The second kappa shape index (κ2) is 5.51. The normalized spacial score (nSPS) is 17.3. The van der Waals surface area contributed by atoms with Gasteiger partial charge in [-0.15, -0.1) is 0 Å². The van der Waals surface area contributed by atoms with Crippen molar-refractivity contribution in [2.75, 3.05) is 0 Å². The lowest BCUT2D eigenvalue weighted by Crippen LogP contribution is -1.96. The highest BCUT2D eigenvalue weighted by Gasteiger charge is 2.00. The second-order valence-corrected chi connectivity index (χ2v) is 5.00. The van der Waals surface area contributed by atoms with Crippen LogP contribution in [0.4, 0.5) is 0 Å². The van der Waals surface area contributed by atoms with Gasteiger partial charge in [0.15, 0.2) is 0 Å². The standard InChI is InChI=1S/C8H17I/c1-4-7(2)5-6-8(3)9/h7-8H,4-6H2,1-3H3. The summed E-state index contributed by atoms with van der Waals surface area (Å²) in [7, 11) is 0. The van der Waals surface area contributed by atoms with Crippen LogP contribution in [0.1, 0.15) is 40.0 Å². The van der Waals surface area contributed by atoms with Crippen LogP contribution in [0.5, 0.6) is 0 Å². The van der Waals surface area contributed by atoms with Gasteiger partial charge in [0.2, 0.25) is 0 Å². The molecule has 0 aromatic carbocycles. The zero-order valence-corrected chi connectivity index (χ0v) is 8.81. The summed E-state index contributed by atoms with van der Waals surface area (Å²) in [5.41, 5.74) is 0. The molecule has 0 bridgehead atoms. The van der Waals surface area contributed by atoms with Gasteiger partial charge in [-0.3, -0.25) is 0 Å². The zero-order chi connectivity index (χ0) is 7.28. The van der Waals surface area contributed by atoms with Crippen molar-refractivity contribution in [2.24, 2.45) is 5.92 Å². The van der Waals surface area contributed by atoms with E-state index >= 15 is 0 Å². The van der Waals surface area contributed by atoms with Crippen molar-refractivity contribution in [1.29, 1.82) is 0 Å². The fourth-order valence-corrected chi connectivity index (χ4v) is 1.08. The molecule has 0 saturated heterocycles. The largest absolute Gasteiger partial charge is 0.0829 e. The third-order valence-electron chi connectivity index (χ3n) is 1.75. The molecule has 0 aromatic rings. The average Bonchev–Trinajstić information content (AvgIpc) is 1.83. The van der Waals surface area contributed by atoms with Gasteiger partial charge in [0, 0.05) is 3.92 Å². The van der Waals surface area contributed by atoms with Gasteiger partial charge in [-0.2, -0.15) is 0 Å². The number of rotatable bonds is 4. The van der Waals surface area contributed by atoms with E-state index in [0.29, 0.717) is 0 Å². The Hall–Kier alpha value is 0.730. The first kappa shape index (κ1) is 9.73. The molecule has 0 rings (SSSR count). The van der Waals surface area contributed by atoms with Crippen molar-refractivity contribution in [2.45, 2.75) is 44.0 Å². The lowest BCUT2D eigenvalue weighted by Gasteiger charge is -2.08. The Morgan fingerprint density at radius 1 is 1.22 bits per heavy atom. The van der Waals surface area contributed by atoms with E-state index in [0.717, 1.165) is 9.84 Å². The summed E-state index contributed by atoms with van der Waals surface area (Å²) >= 11 is 2.49. The molecule has 0 heterocycles. The number of hydrogen-bond acceptors (Lipinski definition) is 0. The summed E-state index contributed by atoms with van der Waals surface area (Å²) in [6.45, 7) is 6.88. The predicted molar refractivity (Wildman–Crippen MR) is 52.2 cm³/mol. The van der Waals surface area contributed by atoms with Gasteiger partial charge in [-0.25, -0.2) is 0 Å². The van der Waals surface area contributed by atoms with Crippen molar-refractivity contribution in [3.63, 3.8) is 0 Å². The van der Waals surface area contributed by atoms with Crippen molar-refractivity contribution < 1.29 is 0 Å². The molecular formula is C8H17I. The van der Waals surface area contributed by atoms with E-state index in [4.69, 9.17) is 0 Å². The van der Waals surface area contributed by atoms with Crippen LogP contribution in [-0.2, 0) is 0 Å².